The Morgan fingerprint density at radius 1 is 1.23 bits per heavy atom. The summed E-state index contributed by atoms with van der Waals surface area (Å²) in [5.74, 6) is 0.0808. The minimum Gasteiger partial charge on any atom is -0.482 e. The smallest absolute Gasteiger partial charge is 0.277 e. The molecule has 7 nitrogen and oxygen atoms in total. The Morgan fingerprint density at radius 2 is 2.00 bits per heavy atom. The van der Waals surface area contributed by atoms with Gasteiger partial charge in [-0.15, -0.1) is 0 Å². The van der Waals surface area contributed by atoms with E-state index < -0.39 is 0 Å². The molecular formula is C18H16ClN5O2. The molecule has 3 aromatic rings. The summed E-state index contributed by atoms with van der Waals surface area (Å²) >= 11 is 5.97. The van der Waals surface area contributed by atoms with Gasteiger partial charge in [-0.2, -0.15) is 10.2 Å². The molecule has 8 heteroatoms. The molecule has 0 bridgehead atoms. The predicted octanol–water partition coefficient (Wildman–Crippen LogP) is 2.84. The number of hydrazone groups is 1. The second kappa shape index (κ2) is 8.26. The molecule has 0 unspecified atom stereocenters. The van der Waals surface area contributed by atoms with E-state index in [9.17, 15) is 4.79 Å². The standard InChI is InChI=1S/C18H16ClN5O2/c1-13(14-6-8-15(9-7-14)24-12-20-11-21-24)22-23-18(25)10-26-17-5-3-2-4-16(17)19/h2-9,11-12H,10H2,1H3,(H,23,25)/b22-13+. The van der Waals surface area contributed by atoms with Crippen LogP contribution >= 0.6 is 11.6 Å². The molecule has 0 saturated carbocycles. The number of hydrogen-bond acceptors (Lipinski definition) is 5. The summed E-state index contributed by atoms with van der Waals surface area (Å²) in [7, 11) is 0. The third-order valence-electron chi connectivity index (χ3n) is 3.51. The molecule has 0 saturated heterocycles. The first kappa shape index (κ1) is 17.6. The summed E-state index contributed by atoms with van der Waals surface area (Å²) in [6.45, 7) is 1.63. The Bertz CT molecular complexity index is 908. The maximum absolute atomic E-state index is 11.9. The quantitative estimate of drug-likeness (QED) is 0.535. The van der Waals surface area contributed by atoms with Crippen LogP contribution in [0.1, 0.15) is 12.5 Å². The van der Waals surface area contributed by atoms with Gasteiger partial charge in [0.2, 0.25) is 0 Å². The molecule has 0 atom stereocenters. The van der Waals surface area contributed by atoms with E-state index >= 15 is 0 Å². The van der Waals surface area contributed by atoms with Crippen LogP contribution in [0.15, 0.2) is 66.3 Å². The van der Waals surface area contributed by atoms with Crippen molar-refractivity contribution in [2.45, 2.75) is 6.92 Å². The number of halogens is 1. The first-order valence-corrected chi connectivity index (χ1v) is 8.17. The lowest BCUT2D eigenvalue weighted by molar-refractivity contribution is -0.123. The van der Waals surface area contributed by atoms with Crippen molar-refractivity contribution in [3.8, 4) is 11.4 Å². The van der Waals surface area contributed by atoms with Crippen molar-refractivity contribution in [2.24, 2.45) is 5.10 Å². The molecule has 1 amide bonds. The van der Waals surface area contributed by atoms with Crippen LogP contribution in [0.25, 0.3) is 5.69 Å². The number of nitrogens with one attached hydrogen (secondary N) is 1. The second-order valence-electron chi connectivity index (χ2n) is 5.34. The highest BCUT2D eigenvalue weighted by Gasteiger charge is 2.05. The van der Waals surface area contributed by atoms with E-state index in [1.807, 2.05) is 24.3 Å². The molecule has 0 aliphatic carbocycles. The average molecular weight is 370 g/mol. The van der Waals surface area contributed by atoms with Gasteiger partial charge in [0.1, 0.15) is 18.4 Å². The first-order chi connectivity index (χ1) is 12.6. The van der Waals surface area contributed by atoms with E-state index in [1.54, 1.807) is 42.2 Å². The van der Waals surface area contributed by atoms with Gasteiger partial charge in [-0.25, -0.2) is 15.1 Å². The minimum atomic E-state index is -0.372. The monoisotopic (exact) mass is 369 g/mol. The number of benzene rings is 2. The van der Waals surface area contributed by atoms with Crippen LogP contribution in [0.5, 0.6) is 5.75 Å². The van der Waals surface area contributed by atoms with Gasteiger partial charge in [0, 0.05) is 0 Å². The van der Waals surface area contributed by atoms with Crippen molar-refractivity contribution in [3.63, 3.8) is 0 Å². The Morgan fingerprint density at radius 3 is 2.69 bits per heavy atom. The zero-order chi connectivity index (χ0) is 18.4. The number of nitrogens with zero attached hydrogens (tertiary/aromatic N) is 4. The summed E-state index contributed by atoms with van der Waals surface area (Å²) in [6.07, 6.45) is 3.09. The van der Waals surface area contributed by atoms with Crippen LogP contribution in [0.2, 0.25) is 5.02 Å². The molecule has 0 radical (unpaired) electrons. The van der Waals surface area contributed by atoms with Crippen LogP contribution in [0.4, 0.5) is 0 Å². The molecule has 132 valence electrons. The average Bonchev–Trinajstić information content (AvgIpc) is 3.20. The Labute approximate surface area is 155 Å². The third-order valence-corrected chi connectivity index (χ3v) is 3.82. The van der Waals surface area contributed by atoms with Crippen LogP contribution in [0, 0.1) is 0 Å². The highest BCUT2D eigenvalue weighted by atomic mass is 35.5. The van der Waals surface area contributed by atoms with Gasteiger partial charge in [0.25, 0.3) is 5.91 Å². The largest absolute Gasteiger partial charge is 0.482 e. The maximum Gasteiger partial charge on any atom is 0.277 e. The number of amides is 1. The second-order valence-corrected chi connectivity index (χ2v) is 5.75. The molecule has 0 fully saturated rings. The molecule has 0 aliphatic heterocycles. The molecule has 1 aromatic heterocycles. The van der Waals surface area contributed by atoms with E-state index in [-0.39, 0.29) is 12.5 Å². The van der Waals surface area contributed by atoms with Crippen molar-refractivity contribution >= 4 is 23.2 Å². The molecule has 2 aromatic carbocycles. The lowest BCUT2D eigenvalue weighted by Crippen LogP contribution is -2.25. The van der Waals surface area contributed by atoms with Crippen molar-refractivity contribution in [1.82, 2.24) is 20.2 Å². The van der Waals surface area contributed by atoms with Gasteiger partial charge in [0.15, 0.2) is 6.61 Å². The SMILES string of the molecule is C/C(=N\NC(=O)COc1ccccc1Cl)c1ccc(-n2cncn2)cc1. The highest BCUT2D eigenvalue weighted by Crippen LogP contribution is 2.22. The minimum absolute atomic E-state index is 0.175. The molecule has 0 aliphatic rings. The number of para-hydroxylation sites is 1. The fourth-order valence-electron chi connectivity index (χ4n) is 2.15. The lowest BCUT2D eigenvalue weighted by Gasteiger charge is -2.07. The number of carbonyl (C=O) groups is 1. The Hall–Kier alpha value is -3.19. The van der Waals surface area contributed by atoms with Crippen LogP contribution in [0.3, 0.4) is 0 Å². The van der Waals surface area contributed by atoms with Gasteiger partial charge in [0.05, 0.1) is 16.4 Å². The van der Waals surface area contributed by atoms with Gasteiger partial charge in [-0.3, -0.25) is 4.79 Å². The molecule has 1 N–H and O–H groups in total. The van der Waals surface area contributed by atoms with E-state index in [0.29, 0.717) is 16.5 Å². The van der Waals surface area contributed by atoms with E-state index in [4.69, 9.17) is 16.3 Å². The van der Waals surface area contributed by atoms with Gasteiger partial charge in [-0.1, -0.05) is 35.9 Å². The van der Waals surface area contributed by atoms with Gasteiger partial charge < -0.3 is 4.74 Å². The summed E-state index contributed by atoms with van der Waals surface area (Å²) in [4.78, 5) is 15.8. The maximum atomic E-state index is 11.9. The Balaban J connectivity index is 1.56. The lowest BCUT2D eigenvalue weighted by atomic mass is 10.1. The van der Waals surface area contributed by atoms with Gasteiger partial charge >= 0.3 is 0 Å². The van der Waals surface area contributed by atoms with Crippen LogP contribution < -0.4 is 10.2 Å². The normalized spacial score (nSPS) is 11.2. The number of aromatic nitrogens is 3. The summed E-state index contributed by atoms with van der Waals surface area (Å²) < 4.78 is 7.02. The van der Waals surface area contributed by atoms with Crippen molar-refractivity contribution in [2.75, 3.05) is 6.61 Å². The molecule has 3 rings (SSSR count). The summed E-state index contributed by atoms with van der Waals surface area (Å²) in [5.41, 5.74) is 4.90. The first-order valence-electron chi connectivity index (χ1n) is 7.79. The topological polar surface area (TPSA) is 81.4 Å². The van der Waals surface area contributed by atoms with Crippen molar-refractivity contribution in [3.05, 3.63) is 71.8 Å². The summed E-state index contributed by atoms with van der Waals surface area (Å²) in [6, 6.07) is 14.5. The zero-order valence-corrected chi connectivity index (χ0v) is 14.7. The van der Waals surface area contributed by atoms with Crippen LogP contribution in [-0.4, -0.2) is 33.0 Å². The Kier molecular flexibility index (Phi) is 5.60. The van der Waals surface area contributed by atoms with E-state index in [2.05, 4.69) is 20.6 Å². The van der Waals surface area contributed by atoms with Crippen molar-refractivity contribution < 1.29 is 9.53 Å². The zero-order valence-electron chi connectivity index (χ0n) is 14.0. The number of rotatable bonds is 6. The number of carbonyl (C=O) groups excluding carboxylic acids is 1. The fourth-order valence-corrected chi connectivity index (χ4v) is 2.34. The summed E-state index contributed by atoms with van der Waals surface area (Å²) in [5, 5.41) is 8.61. The highest BCUT2D eigenvalue weighted by molar-refractivity contribution is 6.32. The molecule has 26 heavy (non-hydrogen) atoms. The van der Waals surface area contributed by atoms with Crippen LogP contribution in [-0.2, 0) is 4.79 Å². The fraction of sp³-hybridized carbons (Fsp3) is 0.111. The van der Waals surface area contributed by atoms with E-state index in [0.717, 1.165) is 11.3 Å². The molecule has 1 heterocycles. The van der Waals surface area contributed by atoms with Gasteiger partial charge in [-0.05, 0) is 36.8 Å². The van der Waals surface area contributed by atoms with E-state index in [1.165, 1.54) is 6.33 Å². The molecular weight excluding hydrogens is 354 g/mol. The predicted molar refractivity (Wildman–Crippen MR) is 98.7 cm³/mol. The number of ether oxygens (including phenoxy) is 1. The van der Waals surface area contributed by atoms with Crippen molar-refractivity contribution in [1.29, 1.82) is 0 Å². The third kappa shape index (κ3) is 4.46. The molecule has 0 spiro atoms. The number of hydrogen-bond donors (Lipinski definition) is 1.